The van der Waals surface area contributed by atoms with Crippen LogP contribution in [0.15, 0.2) is 18.5 Å². The van der Waals surface area contributed by atoms with Gasteiger partial charge in [-0.3, -0.25) is 4.68 Å². The topological polar surface area (TPSA) is 30.7 Å². The predicted octanol–water partition coefficient (Wildman–Crippen LogP) is 2.27. The van der Waals surface area contributed by atoms with Crippen LogP contribution in [0, 0.1) is 0 Å². The molecule has 0 aliphatic carbocycles. The van der Waals surface area contributed by atoms with Gasteiger partial charge in [0.25, 0.3) is 0 Å². The molecule has 0 unspecified atom stereocenters. The average molecular weight is 189 g/mol. The Morgan fingerprint density at radius 2 is 2.00 bits per heavy atom. The summed E-state index contributed by atoms with van der Waals surface area (Å²) >= 11 is 0. The molecule has 2 rings (SSSR count). The van der Waals surface area contributed by atoms with E-state index in [1.807, 2.05) is 24.1 Å². The summed E-state index contributed by atoms with van der Waals surface area (Å²) in [6, 6.07) is 2.07. The second-order valence-corrected chi connectivity index (χ2v) is 4.65. The molecular weight excluding hydrogens is 174 g/mol. The number of rotatable bonds is 0. The maximum atomic E-state index is 4.29. The molecule has 3 nitrogen and oxygen atoms in total. The molecule has 2 aromatic rings. The van der Waals surface area contributed by atoms with Crippen molar-refractivity contribution >= 4 is 11.0 Å². The van der Waals surface area contributed by atoms with Gasteiger partial charge in [-0.1, -0.05) is 20.8 Å². The number of fused-ring (bicyclic) bond motifs is 1. The van der Waals surface area contributed by atoms with Gasteiger partial charge in [-0.25, -0.2) is 4.98 Å². The first kappa shape index (κ1) is 9.19. The monoisotopic (exact) mass is 189 g/mol. The molecule has 74 valence electrons. The Bertz CT molecular complexity index is 463. The summed E-state index contributed by atoms with van der Waals surface area (Å²) in [5, 5.41) is 5.45. The minimum Gasteiger partial charge on any atom is -0.273 e. The van der Waals surface area contributed by atoms with Crippen LogP contribution in [0.4, 0.5) is 0 Å². The van der Waals surface area contributed by atoms with Crippen molar-refractivity contribution in [1.29, 1.82) is 0 Å². The highest BCUT2D eigenvalue weighted by Gasteiger charge is 2.18. The molecule has 0 bridgehead atoms. The molecule has 0 radical (unpaired) electrons. The summed E-state index contributed by atoms with van der Waals surface area (Å²) in [7, 11) is 1.92. The molecule has 3 heteroatoms. The van der Waals surface area contributed by atoms with Gasteiger partial charge in [-0.05, 0) is 17.0 Å². The summed E-state index contributed by atoms with van der Waals surface area (Å²) in [4.78, 5) is 4.24. The van der Waals surface area contributed by atoms with E-state index in [1.165, 1.54) is 5.56 Å². The molecule has 0 N–H and O–H groups in total. The molecular formula is C11H15N3. The summed E-state index contributed by atoms with van der Waals surface area (Å²) in [6.07, 6.45) is 3.86. The van der Waals surface area contributed by atoms with Crippen molar-refractivity contribution in [2.75, 3.05) is 0 Å². The molecule has 0 atom stereocenters. The minimum atomic E-state index is 0.143. The zero-order chi connectivity index (χ0) is 10.3. The first-order valence-electron chi connectivity index (χ1n) is 4.77. The molecule has 14 heavy (non-hydrogen) atoms. The summed E-state index contributed by atoms with van der Waals surface area (Å²) in [5.41, 5.74) is 2.28. The fourth-order valence-corrected chi connectivity index (χ4v) is 1.69. The number of hydrogen-bond acceptors (Lipinski definition) is 2. The van der Waals surface area contributed by atoms with Crippen molar-refractivity contribution in [2.45, 2.75) is 26.2 Å². The van der Waals surface area contributed by atoms with E-state index in [1.54, 1.807) is 0 Å². The average Bonchev–Trinajstić information content (AvgIpc) is 2.41. The third-order valence-electron chi connectivity index (χ3n) is 2.35. The van der Waals surface area contributed by atoms with Crippen LogP contribution in [0.1, 0.15) is 26.3 Å². The maximum absolute atomic E-state index is 4.29. The van der Waals surface area contributed by atoms with Crippen molar-refractivity contribution < 1.29 is 0 Å². The highest BCUT2D eigenvalue weighted by molar-refractivity contribution is 5.79. The maximum Gasteiger partial charge on any atom is 0.181 e. The van der Waals surface area contributed by atoms with E-state index in [0.29, 0.717) is 0 Å². The van der Waals surface area contributed by atoms with E-state index in [2.05, 4.69) is 36.9 Å². The zero-order valence-electron chi connectivity index (χ0n) is 9.07. The lowest BCUT2D eigenvalue weighted by Gasteiger charge is -2.19. The molecule has 2 heterocycles. The van der Waals surface area contributed by atoms with Crippen molar-refractivity contribution in [3.63, 3.8) is 0 Å². The summed E-state index contributed by atoms with van der Waals surface area (Å²) in [6.45, 7) is 6.61. The number of aromatic nitrogens is 3. The van der Waals surface area contributed by atoms with E-state index in [-0.39, 0.29) is 5.41 Å². The predicted molar refractivity (Wildman–Crippen MR) is 57.2 cm³/mol. The van der Waals surface area contributed by atoms with Crippen molar-refractivity contribution in [3.8, 4) is 0 Å². The Morgan fingerprint density at radius 3 is 2.64 bits per heavy atom. The van der Waals surface area contributed by atoms with Crippen LogP contribution in [0.3, 0.4) is 0 Å². The van der Waals surface area contributed by atoms with E-state index in [4.69, 9.17) is 0 Å². The molecule has 2 aromatic heterocycles. The highest BCUT2D eigenvalue weighted by Crippen LogP contribution is 2.27. The van der Waals surface area contributed by atoms with Crippen molar-refractivity contribution in [2.24, 2.45) is 7.05 Å². The van der Waals surface area contributed by atoms with Gasteiger partial charge < -0.3 is 0 Å². The van der Waals surface area contributed by atoms with E-state index < -0.39 is 0 Å². The Labute approximate surface area is 83.8 Å². The van der Waals surface area contributed by atoms with Gasteiger partial charge >= 0.3 is 0 Å². The van der Waals surface area contributed by atoms with Crippen LogP contribution in [0.5, 0.6) is 0 Å². The van der Waals surface area contributed by atoms with Gasteiger partial charge in [0.2, 0.25) is 0 Å². The number of pyridine rings is 1. The number of nitrogens with zero attached hydrogens (tertiary/aromatic N) is 3. The third kappa shape index (κ3) is 1.39. The lowest BCUT2D eigenvalue weighted by molar-refractivity contribution is 0.595. The van der Waals surface area contributed by atoms with Crippen LogP contribution in [0.25, 0.3) is 11.0 Å². The fourth-order valence-electron chi connectivity index (χ4n) is 1.69. The fraction of sp³-hybridized carbons (Fsp3) is 0.455. The second-order valence-electron chi connectivity index (χ2n) is 4.65. The molecule has 0 saturated heterocycles. The first-order valence-corrected chi connectivity index (χ1v) is 4.77. The van der Waals surface area contributed by atoms with Crippen LogP contribution in [0.2, 0.25) is 0 Å². The lowest BCUT2D eigenvalue weighted by Crippen LogP contribution is -2.11. The van der Waals surface area contributed by atoms with Gasteiger partial charge in [-0.2, -0.15) is 5.10 Å². The summed E-state index contributed by atoms with van der Waals surface area (Å²) in [5.74, 6) is 0. The van der Waals surface area contributed by atoms with E-state index in [0.717, 1.165) is 11.0 Å². The first-order chi connectivity index (χ1) is 6.48. The largest absolute Gasteiger partial charge is 0.273 e. The molecule has 0 aliphatic heterocycles. The third-order valence-corrected chi connectivity index (χ3v) is 2.35. The lowest BCUT2D eigenvalue weighted by atomic mass is 9.86. The smallest absolute Gasteiger partial charge is 0.181 e. The second kappa shape index (κ2) is 2.80. The van der Waals surface area contributed by atoms with Gasteiger partial charge in [0.1, 0.15) is 0 Å². The molecule has 0 aromatic carbocycles. The van der Waals surface area contributed by atoms with Gasteiger partial charge in [0.15, 0.2) is 5.65 Å². The molecule has 0 fully saturated rings. The zero-order valence-corrected chi connectivity index (χ0v) is 9.07. The Hall–Kier alpha value is -1.38. The van der Waals surface area contributed by atoms with Gasteiger partial charge in [-0.15, -0.1) is 0 Å². The Kier molecular flexibility index (Phi) is 1.84. The quantitative estimate of drug-likeness (QED) is 0.636. The normalized spacial score (nSPS) is 12.3. The van der Waals surface area contributed by atoms with Crippen molar-refractivity contribution in [3.05, 3.63) is 24.0 Å². The molecule has 0 amide bonds. The highest BCUT2D eigenvalue weighted by atomic mass is 15.3. The van der Waals surface area contributed by atoms with Crippen molar-refractivity contribution in [1.82, 2.24) is 14.8 Å². The van der Waals surface area contributed by atoms with Crippen LogP contribution < -0.4 is 0 Å². The van der Waals surface area contributed by atoms with Crippen LogP contribution in [-0.2, 0) is 12.5 Å². The van der Waals surface area contributed by atoms with E-state index >= 15 is 0 Å². The molecule has 0 aliphatic rings. The molecule has 0 saturated carbocycles. The Morgan fingerprint density at radius 1 is 1.29 bits per heavy atom. The van der Waals surface area contributed by atoms with Gasteiger partial charge in [0.05, 0.1) is 0 Å². The van der Waals surface area contributed by atoms with Crippen LogP contribution >= 0.6 is 0 Å². The SMILES string of the molecule is Cn1cc2c(C(C)(C)C)ccnc2n1. The Balaban J connectivity index is 2.77. The number of hydrogen-bond donors (Lipinski definition) is 0. The minimum absolute atomic E-state index is 0.143. The van der Waals surface area contributed by atoms with Crippen LogP contribution in [-0.4, -0.2) is 14.8 Å². The van der Waals surface area contributed by atoms with E-state index in [9.17, 15) is 0 Å². The number of aryl methyl sites for hydroxylation is 1. The molecule has 0 spiro atoms. The van der Waals surface area contributed by atoms with Gasteiger partial charge in [0, 0.05) is 24.8 Å². The standard InChI is InChI=1S/C11H15N3/c1-11(2,3)9-5-6-12-10-8(9)7-14(4)13-10/h5-7H,1-4H3. The summed E-state index contributed by atoms with van der Waals surface area (Å²) < 4.78 is 1.81.